The lowest BCUT2D eigenvalue weighted by Crippen LogP contribution is -2.02. The summed E-state index contributed by atoms with van der Waals surface area (Å²) in [6.45, 7) is 0. The predicted octanol–water partition coefficient (Wildman–Crippen LogP) is 4.27. The summed E-state index contributed by atoms with van der Waals surface area (Å²) in [6, 6.07) is 18.6. The van der Waals surface area contributed by atoms with Gasteiger partial charge < -0.3 is 15.1 Å². The fraction of sp³-hybridized carbons (Fsp3) is 0. The summed E-state index contributed by atoms with van der Waals surface area (Å²) in [4.78, 5) is 21.0. The van der Waals surface area contributed by atoms with Crippen molar-refractivity contribution in [2.24, 2.45) is 0 Å². The normalized spacial score (nSPS) is 11.2. The van der Waals surface area contributed by atoms with Crippen LogP contribution in [0.5, 0.6) is 0 Å². The Bertz CT molecular complexity index is 1610. The number of rotatable bonds is 5. The lowest BCUT2D eigenvalue weighted by Gasteiger charge is -2.10. The third kappa shape index (κ3) is 3.16. The lowest BCUT2D eigenvalue weighted by molar-refractivity contribution is 0.580. The number of para-hydroxylation sites is 1. The maximum absolute atomic E-state index is 11.7. The molecule has 0 aliphatic rings. The molecule has 0 aliphatic carbocycles. The maximum Gasteiger partial charge on any atom is 0.271 e. The molecule has 4 aromatic heterocycles. The van der Waals surface area contributed by atoms with Crippen LogP contribution >= 0.6 is 0 Å². The Morgan fingerprint density at radius 3 is 2.72 bits per heavy atom. The molecule has 0 fully saturated rings. The van der Waals surface area contributed by atoms with E-state index in [2.05, 4.69) is 41.0 Å². The van der Waals surface area contributed by atoms with E-state index in [4.69, 9.17) is 4.42 Å². The average molecular weight is 424 g/mol. The molecular weight excluding hydrogens is 408 g/mol. The summed E-state index contributed by atoms with van der Waals surface area (Å²) in [5, 5.41) is 20.6. The average Bonchev–Trinajstić information content (AvgIpc) is 3.56. The van der Waals surface area contributed by atoms with Crippen LogP contribution in [0.2, 0.25) is 0 Å². The highest BCUT2D eigenvalue weighted by molar-refractivity contribution is 5.92. The van der Waals surface area contributed by atoms with Gasteiger partial charge in [0.2, 0.25) is 5.95 Å². The summed E-state index contributed by atoms with van der Waals surface area (Å²) in [6.07, 6.45) is 1.61. The first-order valence-electron chi connectivity index (χ1n) is 9.83. The second-order valence-electron chi connectivity index (χ2n) is 7.15. The van der Waals surface area contributed by atoms with Crippen LogP contribution in [-0.2, 0) is 0 Å². The molecule has 0 amide bonds. The molecule has 0 aliphatic heterocycles. The third-order valence-electron chi connectivity index (χ3n) is 5.05. The van der Waals surface area contributed by atoms with Crippen molar-refractivity contribution in [3.63, 3.8) is 0 Å². The molecular formula is C22H16N8O2. The van der Waals surface area contributed by atoms with Crippen molar-refractivity contribution in [2.75, 3.05) is 10.6 Å². The Morgan fingerprint density at radius 2 is 1.81 bits per heavy atom. The van der Waals surface area contributed by atoms with Crippen LogP contribution in [0.1, 0.15) is 0 Å². The molecule has 156 valence electrons. The van der Waals surface area contributed by atoms with E-state index in [0.717, 1.165) is 22.3 Å². The lowest BCUT2D eigenvalue weighted by atomic mass is 10.2. The number of anilines is 4. The highest BCUT2D eigenvalue weighted by Crippen LogP contribution is 2.28. The third-order valence-corrected chi connectivity index (χ3v) is 5.05. The molecule has 0 unspecified atom stereocenters. The Labute approximate surface area is 179 Å². The van der Waals surface area contributed by atoms with E-state index in [1.807, 2.05) is 48.5 Å². The summed E-state index contributed by atoms with van der Waals surface area (Å²) in [7, 11) is 0. The van der Waals surface area contributed by atoms with E-state index in [-0.39, 0.29) is 5.56 Å². The van der Waals surface area contributed by atoms with Crippen LogP contribution in [-0.4, -0.2) is 30.4 Å². The molecule has 4 heterocycles. The fourth-order valence-electron chi connectivity index (χ4n) is 3.54. The predicted molar refractivity (Wildman–Crippen MR) is 121 cm³/mol. The van der Waals surface area contributed by atoms with Crippen LogP contribution in [0.15, 0.2) is 76.1 Å². The maximum atomic E-state index is 11.7. The Kier molecular flexibility index (Phi) is 4.00. The van der Waals surface area contributed by atoms with Gasteiger partial charge in [0, 0.05) is 17.1 Å². The largest absolute Gasteiger partial charge is 0.463 e. The summed E-state index contributed by atoms with van der Waals surface area (Å²) in [5.41, 5.74) is 2.80. The number of aromatic amines is 3. The minimum absolute atomic E-state index is 0.159. The number of nitrogens with zero attached hydrogens (tertiary/aromatic N) is 3. The van der Waals surface area contributed by atoms with Gasteiger partial charge in [0.05, 0.1) is 22.7 Å². The second-order valence-corrected chi connectivity index (χ2v) is 7.15. The molecule has 10 nitrogen and oxygen atoms in total. The standard InChI is InChI=1S/C22H16N8O2/c31-21-14-8-7-12(10-16(14)27-30-21)23-22-24-15-5-2-1-4-13(15)20(26-22)25-19-11-17(28-29-19)18-6-3-9-32-18/h1-11H,(H2,27,30,31)(H3,23,24,25,26,28,29). The molecule has 5 N–H and O–H groups in total. The first kappa shape index (κ1) is 18.0. The quantitative estimate of drug-likeness (QED) is 0.278. The molecule has 32 heavy (non-hydrogen) atoms. The topological polar surface area (TPSA) is 140 Å². The number of H-pyrrole nitrogens is 3. The zero-order valence-corrected chi connectivity index (χ0v) is 16.5. The van der Waals surface area contributed by atoms with Crippen LogP contribution in [0.3, 0.4) is 0 Å². The number of fused-ring (bicyclic) bond motifs is 2. The van der Waals surface area contributed by atoms with Crippen molar-refractivity contribution in [1.29, 1.82) is 0 Å². The number of aromatic nitrogens is 6. The van der Waals surface area contributed by atoms with Gasteiger partial charge in [-0.15, -0.1) is 0 Å². The van der Waals surface area contributed by atoms with Crippen LogP contribution in [0, 0.1) is 0 Å². The molecule has 10 heteroatoms. The second kappa shape index (κ2) is 7.13. The van der Waals surface area contributed by atoms with Gasteiger partial charge in [0.25, 0.3) is 5.56 Å². The molecule has 6 aromatic rings. The van der Waals surface area contributed by atoms with Crippen molar-refractivity contribution in [2.45, 2.75) is 0 Å². The molecule has 0 spiro atoms. The number of hydrogen-bond donors (Lipinski definition) is 5. The summed E-state index contributed by atoms with van der Waals surface area (Å²) < 4.78 is 5.41. The number of benzene rings is 2. The molecule has 0 saturated carbocycles. The Balaban J connectivity index is 1.36. The smallest absolute Gasteiger partial charge is 0.271 e. The van der Waals surface area contributed by atoms with E-state index >= 15 is 0 Å². The first-order chi connectivity index (χ1) is 15.7. The number of furan rings is 1. The van der Waals surface area contributed by atoms with Crippen molar-refractivity contribution in [1.82, 2.24) is 30.4 Å². The molecule has 0 atom stereocenters. The summed E-state index contributed by atoms with van der Waals surface area (Å²) >= 11 is 0. The van der Waals surface area contributed by atoms with Crippen LogP contribution in [0.25, 0.3) is 33.3 Å². The van der Waals surface area contributed by atoms with Gasteiger partial charge in [-0.05, 0) is 42.5 Å². The minimum Gasteiger partial charge on any atom is -0.463 e. The van der Waals surface area contributed by atoms with E-state index in [1.165, 1.54) is 0 Å². The van der Waals surface area contributed by atoms with Gasteiger partial charge in [-0.25, -0.2) is 4.98 Å². The molecule has 6 rings (SSSR count). The van der Waals surface area contributed by atoms with Crippen molar-refractivity contribution < 1.29 is 4.42 Å². The zero-order chi connectivity index (χ0) is 21.5. The number of nitrogens with one attached hydrogen (secondary N) is 5. The monoisotopic (exact) mass is 424 g/mol. The fourth-order valence-corrected chi connectivity index (χ4v) is 3.54. The molecule has 0 radical (unpaired) electrons. The van der Waals surface area contributed by atoms with Gasteiger partial charge in [-0.2, -0.15) is 10.1 Å². The van der Waals surface area contributed by atoms with Gasteiger partial charge in [0.15, 0.2) is 11.6 Å². The van der Waals surface area contributed by atoms with Crippen LogP contribution in [0.4, 0.5) is 23.3 Å². The van der Waals surface area contributed by atoms with E-state index in [1.54, 1.807) is 18.4 Å². The van der Waals surface area contributed by atoms with E-state index in [9.17, 15) is 4.79 Å². The molecule has 0 bridgehead atoms. The minimum atomic E-state index is -0.159. The Morgan fingerprint density at radius 1 is 0.875 bits per heavy atom. The SMILES string of the molecule is O=c1[nH][nH]c2cc(Nc3nc(Nc4cc(-c5ccco5)[nH]n4)c4ccccc4n3)ccc12. The van der Waals surface area contributed by atoms with Gasteiger partial charge in [0.1, 0.15) is 11.5 Å². The van der Waals surface area contributed by atoms with E-state index in [0.29, 0.717) is 34.2 Å². The van der Waals surface area contributed by atoms with E-state index < -0.39 is 0 Å². The summed E-state index contributed by atoms with van der Waals surface area (Å²) in [5.74, 6) is 2.30. The van der Waals surface area contributed by atoms with Gasteiger partial charge in [-0.3, -0.25) is 20.1 Å². The van der Waals surface area contributed by atoms with Crippen molar-refractivity contribution >= 4 is 45.1 Å². The highest BCUT2D eigenvalue weighted by atomic mass is 16.3. The zero-order valence-electron chi connectivity index (χ0n) is 16.5. The highest BCUT2D eigenvalue weighted by Gasteiger charge is 2.12. The van der Waals surface area contributed by atoms with Crippen LogP contribution < -0.4 is 16.2 Å². The number of hydrogen-bond acceptors (Lipinski definition) is 7. The van der Waals surface area contributed by atoms with Gasteiger partial charge >= 0.3 is 0 Å². The Hall–Kier alpha value is -4.86. The molecule has 2 aromatic carbocycles. The van der Waals surface area contributed by atoms with Crippen molar-refractivity contribution in [3.8, 4) is 11.5 Å². The first-order valence-corrected chi connectivity index (χ1v) is 9.83. The van der Waals surface area contributed by atoms with Gasteiger partial charge in [-0.1, -0.05) is 12.1 Å². The van der Waals surface area contributed by atoms with Crippen molar-refractivity contribution in [3.05, 3.63) is 77.3 Å². The molecule has 0 saturated heterocycles.